The van der Waals surface area contributed by atoms with Gasteiger partial charge in [0.25, 0.3) is 0 Å². The van der Waals surface area contributed by atoms with E-state index in [1.54, 1.807) is 0 Å². The molecule has 14 heavy (non-hydrogen) atoms. The molecular weight excluding hydrogens is 188 g/mol. The maximum Gasteiger partial charge on any atom is 0.183 e. The van der Waals surface area contributed by atoms with Gasteiger partial charge in [-0.1, -0.05) is 13.8 Å². The van der Waals surface area contributed by atoms with E-state index in [1.165, 1.54) is 0 Å². The molecule has 1 unspecified atom stereocenters. The highest BCUT2D eigenvalue weighted by atomic mass is 17.1. The first-order valence-electron chi connectivity index (χ1n) is 4.92. The van der Waals surface area contributed by atoms with Crippen LogP contribution in [0, 0.1) is 0 Å². The molecule has 0 saturated carbocycles. The van der Waals surface area contributed by atoms with Crippen LogP contribution in [0.15, 0.2) is 0 Å². The van der Waals surface area contributed by atoms with Gasteiger partial charge in [-0.2, -0.15) is 0 Å². The number of hydrogen-bond donors (Lipinski definition) is 1. The van der Waals surface area contributed by atoms with Crippen molar-refractivity contribution in [1.29, 1.82) is 0 Å². The Balaban J connectivity index is 3.49. The average Bonchev–Trinajstić information content (AvgIpc) is 2.21. The summed E-state index contributed by atoms with van der Waals surface area (Å²) in [5.74, 6) is 0. The van der Waals surface area contributed by atoms with E-state index < -0.39 is 6.29 Å². The van der Waals surface area contributed by atoms with Gasteiger partial charge in [-0.05, 0) is 12.8 Å². The van der Waals surface area contributed by atoms with E-state index in [1.807, 2.05) is 13.8 Å². The SMILES string of the molecule is CCCOCC(OCCC)OCOO. The number of ether oxygens (including phenoxy) is 3. The van der Waals surface area contributed by atoms with Crippen LogP contribution in [0.1, 0.15) is 26.7 Å². The molecule has 0 aliphatic heterocycles. The molecule has 5 nitrogen and oxygen atoms in total. The highest BCUT2D eigenvalue weighted by molar-refractivity contribution is 4.41. The lowest BCUT2D eigenvalue weighted by Gasteiger charge is -2.17. The largest absolute Gasteiger partial charge is 0.376 e. The van der Waals surface area contributed by atoms with E-state index in [-0.39, 0.29) is 6.79 Å². The molecule has 1 N–H and O–H groups in total. The predicted octanol–water partition coefficient (Wildman–Crippen LogP) is 1.63. The maximum atomic E-state index is 8.09. The minimum atomic E-state index is -0.464. The first-order chi connectivity index (χ1) is 6.85. The molecule has 0 bridgehead atoms. The molecule has 0 aromatic rings. The van der Waals surface area contributed by atoms with Crippen molar-refractivity contribution in [2.75, 3.05) is 26.6 Å². The molecular formula is C9H20O5. The predicted molar refractivity (Wildman–Crippen MR) is 50.8 cm³/mol. The third-order valence-corrected chi connectivity index (χ3v) is 1.42. The first kappa shape index (κ1) is 13.8. The third-order valence-electron chi connectivity index (χ3n) is 1.42. The number of rotatable bonds is 10. The Labute approximate surface area is 84.8 Å². The molecule has 0 aliphatic carbocycles. The lowest BCUT2D eigenvalue weighted by atomic mass is 10.5. The monoisotopic (exact) mass is 208 g/mol. The summed E-state index contributed by atoms with van der Waals surface area (Å²) in [6, 6.07) is 0. The molecule has 0 amide bonds. The van der Waals surface area contributed by atoms with Crippen LogP contribution in [0.2, 0.25) is 0 Å². The maximum absolute atomic E-state index is 8.09. The third kappa shape index (κ3) is 8.40. The Hall–Kier alpha value is -0.200. The second kappa shape index (κ2) is 10.9. The molecule has 5 heteroatoms. The quantitative estimate of drug-likeness (QED) is 0.256. The molecule has 0 rings (SSSR count). The van der Waals surface area contributed by atoms with Crippen molar-refractivity contribution in [1.82, 2.24) is 0 Å². The average molecular weight is 208 g/mol. The zero-order valence-electron chi connectivity index (χ0n) is 8.90. The van der Waals surface area contributed by atoms with Gasteiger partial charge in [0, 0.05) is 13.2 Å². The fourth-order valence-corrected chi connectivity index (χ4v) is 0.824. The molecule has 0 aliphatic rings. The molecule has 0 aromatic carbocycles. The minimum Gasteiger partial charge on any atom is -0.376 e. The molecule has 86 valence electrons. The summed E-state index contributed by atoms with van der Waals surface area (Å²) in [4.78, 5) is 3.80. The second-order valence-electron chi connectivity index (χ2n) is 2.79. The van der Waals surface area contributed by atoms with Gasteiger partial charge >= 0.3 is 0 Å². The first-order valence-corrected chi connectivity index (χ1v) is 4.92. The van der Waals surface area contributed by atoms with Crippen LogP contribution in [0.3, 0.4) is 0 Å². The van der Waals surface area contributed by atoms with E-state index >= 15 is 0 Å². The molecule has 0 spiro atoms. The molecule has 1 atom stereocenters. The van der Waals surface area contributed by atoms with Crippen LogP contribution < -0.4 is 0 Å². The molecule has 0 fully saturated rings. The van der Waals surface area contributed by atoms with Crippen molar-refractivity contribution < 1.29 is 24.4 Å². The lowest BCUT2D eigenvalue weighted by molar-refractivity contribution is -0.328. The number of hydrogen-bond acceptors (Lipinski definition) is 5. The standard InChI is InChI=1S/C9H20O5/c1-3-5-11-7-9(12-6-4-2)13-8-14-10/h9-10H,3-8H2,1-2H3. The van der Waals surface area contributed by atoms with Gasteiger partial charge in [-0.3, -0.25) is 0 Å². The van der Waals surface area contributed by atoms with Gasteiger partial charge in [0.1, 0.15) is 0 Å². The van der Waals surface area contributed by atoms with Gasteiger partial charge in [-0.15, -0.1) is 0 Å². The van der Waals surface area contributed by atoms with E-state index in [2.05, 4.69) is 4.89 Å². The van der Waals surface area contributed by atoms with E-state index in [0.29, 0.717) is 19.8 Å². The Kier molecular flexibility index (Phi) is 10.7. The molecule has 0 aromatic heterocycles. The summed E-state index contributed by atoms with van der Waals surface area (Å²) in [6.07, 6.45) is 1.40. The summed E-state index contributed by atoms with van der Waals surface area (Å²) in [5.41, 5.74) is 0. The Bertz CT molecular complexity index is 101. The van der Waals surface area contributed by atoms with Crippen molar-refractivity contribution in [3.63, 3.8) is 0 Å². The lowest BCUT2D eigenvalue weighted by Crippen LogP contribution is -2.25. The molecule has 0 heterocycles. The Morgan fingerprint density at radius 1 is 1.07 bits per heavy atom. The Morgan fingerprint density at radius 2 is 1.79 bits per heavy atom. The van der Waals surface area contributed by atoms with Crippen molar-refractivity contribution in [2.24, 2.45) is 0 Å². The van der Waals surface area contributed by atoms with Gasteiger partial charge in [0.2, 0.25) is 0 Å². The second-order valence-corrected chi connectivity index (χ2v) is 2.79. The summed E-state index contributed by atoms with van der Waals surface area (Å²) < 4.78 is 15.6. The van der Waals surface area contributed by atoms with E-state index in [9.17, 15) is 0 Å². The molecule has 0 saturated heterocycles. The van der Waals surface area contributed by atoms with Crippen LogP contribution in [0.4, 0.5) is 0 Å². The van der Waals surface area contributed by atoms with Gasteiger partial charge in [0.15, 0.2) is 13.1 Å². The van der Waals surface area contributed by atoms with Crippen LogP contribution in [-0.2, 0) is 19.1 Å². The van der Waals surface area contributed by atoms with E-state index in [4.69, 9.17) is 19.5 Å². The van der Waals surface area contributed by atoms with Crippen molar-refractivity contribution >= 4 is 0 Å². The highest BCUT2D eigenvalue weighted by Gasteiger charge is 2.08. The molecule has 0 radical (unpaired) electrons. The van der Waals surface area contributed by atoms with Crippen molar-refractivity contribution in [2.45, 2.75) is 33.0 Å². The Morgan fingerprint density at radius 3 is 2.36 bits per heavy atom. The summed E-state index contributed by atoms with van der Waals surface area (Å²) in [7, 11) is 0. The van der Waals surface area contributed by atoms with Crippen LogP contribution in [0.5, 0.6) is 0 Å². The van der Waals surface area contributed by atoms with Crippen LogP contribution in [0.25, 0.3) is 0 Å². The summed E-state index contributed by atoms with van der Waals surface area (Å²) in [6.45, 7) is 5.47. The van der Waals surface area contributed by atoms with E-state index in [0.717, 1.165) is 12.8 Å². The zero-order valence-corrected chi connectivity index (χ0v) is 8.90. The smallest absolute Gasteiger partial charge is 0.183 e. The van der Waals surface area contributed by atoms with Crippen LogP contribution >= 0.6 is 0 Å². The fourth-order valence-electron chi connectivity index (χ4n) is 0.824. The topological polar surface area (TPSA) is 57.2 Å². The van der Waals surface area contributed by atoms with Crippen molar-refractivity contribution in [3.05, 3.63) is 0 Å². The minimum absolute atomic E-state index is 0.204. The van der Waals surface area contributed by atoms with Gasteiger partial charge in [0.05, 0.1) is 6.61 Å². The fraction of sp³-hybridized carbons (Fsp3) is 1.00. The summed E-state index contributed by atoms with van der Waals surface area (Å²) >= 11 is 0. The highest BCUT2D eigenvalue weighted by Crippen LogP contribution is 1.98. The zero-order chi connectivity index (χ0) is 10.6. The normalized spacial score (nSPS) is 13.1. The van der Waals surface area contributed by atoms with Crippen LogP contribution in [-0.4, -0.2) is 38.2 Å². The summed E-state index contributed by atoms with van der Waals surface area (Å²) in [5, 5.41) is 8.09. The van der Waals surface area contributed by atoms with Crippen molar-refractivity contribution in [3.8, 4) is 0 Å². The van der Waals surface area contributed by atoms with Gasteiger partial charge < -0.3 is 14.2 Å². The van der Waals surface area contributed by atoms with Gasteiger partial charge in [-0.25, -0.2) is 10.1 Å².